The van der Waals surface area contributed by atoms with E-state index in [0.717, 1.165) is 20.1 Å². The van der Waals surface area contributed by atoms with Gasteiger partial charge in [-0.05, 0) is 39.7 Å². The molecule has 0 aromatic carbocycles. The first-order valence-corrected chi connectivity index (χ1v) is 13.3. The van der Waals surface area contributed by atoms with Crippen LogP contribution in [0.4, 0.5) is 0 Å². The van der Waals surface area contributed by atoms with Crippen LogP contribution >= 0.6 is 0 Å². The molecule has 0 amide bonds. The van der Waals surface area contributed by atoms with E-state index in [0.29, 0.717) is 0 Å². The molecule has 226 valence electrons. The number of ether oxygens (including phenoxy) is 6. The Balaban J connectivity index is 2.10. The monoisotopic (exact) mass is 580 g/mol. The Morgan fingerprint density at radius 2 is 1.54 bits per heavy atom. The largest absolute Gasteiger partial charge is 0.472 e. The third-order valence-corrected chi connectivity index (χ3v) is 8.48. The number of hydrogen-bond donors (Lipinski definition) is 1. The maximum Gasteiger partial charge on any atom is 0.341 e. The number of esters is 5. The van der Waals surface area contributed by atoms with E-state index in [2.05, 4.69) is 0 Å². The molecule has 2 bridgehead atoms. The van der Waals surface area contributed by atoms with Crippen molar-refractivity contribution < 1.29 is 61.9 Å². The molecule has 13 heteroatoms. The van der Waals surface area contributed by atoms with E-state index in [9.17, 15) is 29.1 Å². The molecule has 3 aliphatic rings. The van der Waals surface area contributed by atoms with E-state index in [4.69, 9.17) is 32.8 Å². The van der Waals surface area contributed by atoms with E-state index < -0.39 is 89.0 Å². The van der Waals surface area contributed by atoms with E-state index in [-0.39, 0.29) is 18.4 Å². The summed E-state index contributed by atoms with van der Waals surface area (Å²) in [7, 11) is 0. The van der Waals surface area contributed by atoms with E-state index in [1.54, 1.807) is 13.8 Å². The first-order chi connectivity index (χ1) is 19.0. The Kier molecular flexibility index (Phi) is 7.76. The SMILES string of the molecule is CC(=O)OC[C@@]12[C@@H](OC(C)=O)CC[C@](C)(O)[C@]13OC(C)(C)[C@H]([C@H](OC(C)=O)[C@H]2OC(=O)c1ccoc1)[C@H]3OC(C)=O. The normalized spacial score (nSPS) is 36.8. The van der Waals surface area contributed by atoms with Crippen molar-refractivity contribution in [3.8, 4) is 0 Å². The maximum absolute atomic E-state index is 13.5. The molecule has 8 atom stereocenters. The fraction of sp³-hybridized carbons (Fsp3) is 0.679. The van der Waals surface area contributed by atoms with Gasteiger partial charge in [-0.2, -0.15) is 0 Å². The van der Waals surface area contributed by atoms with Crippen LogP contribution in [-0.4, -0.2) is 82.8 Å². The number of hydrogen-bond acceptors (Lipinski definition) is 13. The fourth-order valence-electron chi connectivity index (χ4n) is 7.24. The molecule has 0 unspecified atom stereocenters. The maximum atomic E-state index is 13.5. The summed E-state index contributed by atoms with van der Waals surface area (Å²) < 4.78 is 40.9. The van der Waals surface area contributed by atoms with Crippen molar-refractivity contribution >= 4 is 29.8 Å². The highest BCUT2D eigenvalue weighted by Crippen LogP contribution is 2.69. The smallest absolute Gasteiger partial charge is 0.341 e. The van der Waals surface area contributed by atoms with Gasteiger partial charge in [-0.15, -0.1) is 0 Å². The van der Waals surface area contributed by atoms with E-state index in [1.807, 2.05) is 0 Å². The number of rotatable bonds is 7. The lowest BCUT2D eigenvalue weighted by Gasteiger charge is -2.65. The molecule has 1 aliphatic heterocycles. The summed E-state index contributed by atoms with van der Waals surface area (Å²) in [6.07, 6.45) is -3.06. The molecule has 1 N–H and O–H groups in total. The fourth-order valence-corrected chi connectivity index (χ4v) is 7.24. The highest BCUT2D eigenvalue weighted by molar-refractivity contribution is 5.89. The summed E-state index contributed by atoms with van der Waals surface area (Å²) in [5.41, 5.74) is -7.05. The summed E-state index contributed by atoms with van der Waals surface area (Å²) in [6.45, 7) is 8.79. The number of carbonyl (C=O) groups excluding carboxylic acids is 5. The topological polar surface area (TPSA) is 174 Å². The zero-order valence-electron chi connectivity index (χ0n) is 24.1. The van der Waals surface area contributed by atoms with Crippen molar-refractivity contribution in [2.45, 2.75) is 103 Å². The van der Waals surface area contributed by atoms with E-state index >= 15 is 0 Å². The third-order valence-electron chi connectivity index (χ3n) is 8.48. The van der Waals surface area contributed by atoms with Crippen molar-refractivity contribution in [3.63, 3.8) is 0 Å². The first-order valence-electron chi connectivity index (χ1n) is 13.3. The molecular weight excluding hydrogens is 544 g/mol. The van der Waals surface area contributed by atoms with E-state index in [1.165, 1.54) is 33.1 Å². The summed E-state index contributed by atoms with van der Waals surface area (Å²) >= 11 is 0. The van der Waals surface area contributed by atoms with Gasteiger partial charge in [0.15, 0.2) is 11.7 Å². The van der Waals surface area contributed by atoms with Crippen molar-refractivity contribution in [1.29, 1.82) is 0 Å². The van der Waals surface area contributed by atoms with Crippen molar-refractivity contribution in [2.75, 3.05) is 6.61 Å². The minimum atomic E-state index is -1.99. The molecule has 2 aliphatic carbocycles. The molecule has 1 aromatic heterocycles. The second kappa shape index (κ2) is 10.4. The number of fused-ring (bicyclic) bond motifs is 1. The van der Waals surface area contributed by atoms with Crippen LogP contribution < -0.4 is 0 Å². The van der Waals surface area contributed by atoms with Gasteiger partial charge in [0.1, 0.15) is 36.6 Å². The molecule has 13 nitrogen and oxygen atoms in total. The zero-order chi connectivity index (χ0) is 30.5. The Hall–Kier alpha value is -3.45. The van der Waals surface area contributed by atoms with Crippen LogP contribution in [0.25, 0.3) is 0 Å². The second-order valence-electron chi connectivity index (χ2n) is 11.6. The Bertz CT molecular complexity index is 1220. The van der Waals surface area contributed by atoms with Gasteiger partial charge < -0.3 is 37.9 Å². The van der Waals surface area contributed by atoms with Crippen LogP contribution in [0, 0.1) is 11.3 Å². The lowest BCUT2D eigenvalue weighted by molar-refractivity contribution is -0.348. The second-order valence-corrected chi connectivity index (χ2v) is 11.6. The Labute approximate surface area is 236 Å². The standard InChI is InChI=1S/C28H36O13/c1-14(29)36-13-27-19(37-15(2)30)8-10-26(7,34)28(27)22(39-17(4)32)20(25(5,6)41-28)21(38-16(3)31)23(27)40-24(33)18-9-11-35-12-18/h9,11-12,19-23,34H,8,10,13H2,1-7H3/t19-,20+,21-,22+,23+,26-,27-,28-/m0/s1. The average Bonchev–Trinajstić information content (AvgIpc) is 3.43. The van der Waals surface area contributed by atoms with Gasteiger partial charge in [-0.3, -0.25) is 19.2 Å². The van der Waals surface area contributed by atoms with Crippen LogP contribution in [0.15, 0.2) is 23.0 Å². The summed E-state index contributed by atoms with van der Waals surface area (Å²) in [5, 5.41) is 12.2. The first kappa shape index (κ1) is 30.5. The number of aliphatic hydroxyl groups is 1. The summed E-state index contributed by atoms with van der Waals surface area (Å²) in [6, 6.07) is 1.36. The van der Waals surface area contributed by atoms with Crippen LogP contribution in [-0.2, 0) is 47.6 Å². The van der Waals surface area contributed by atoms with Crippen molar-refractivity contribution in [2.24, 2.45) is 11.3 Å². The third kappa shape index (κ3) is 4.78. The van der Waals surface area contributed by atoms with Crippen LogP contribution in [0.2, 0.25) is 0 Å². The molecule has 1 spiro atoms. The van der Waals surface area contributed by atoms with Gasteiger partial charge in [-0.25, -0.2) is 4.79 Å². The Morgan fingerprint density at radius 1 is 0.902 bits per heavy atom. The molecular formula is C28H36O13. The average molecular weight is 581 g/mol. The minimum Gasteiger partial charge on any atom is -0.472 e. The Morgan fingerprint density at radius 3 is 2.07 bits per heavy atom. The van der Waals surface area contributed by atoms with Crippen LogP contribution in [0.5, 0.6) is 0 Å². The quantitative estimate of drug-likeness (QED) is 0.366. The van der Waals surface area contributed by atoms with Gasteiger partial charge >= 0.3 is 29.8 Å². The van der Waals surface area contributed by atoms with Gasteiger partial charge in [0, 0.05) is 27.7 Å². The molecule has 4 rings (SSSR count). The van der Waals surface area contributed by atoms with Crippen molar-refractivity contribution in [3.05, 3.63) is 24.2 Å². The zero-order valence-corrected chi connectivity index (χ0v) is 24.1. The summed E-state index contributed by atoms with van der Waals surface area (Å²) in [5.74, 6) is -4.85. The van der Waals surface area contributed by atoms with Gasteiger partial charge in [0.05, 0.1) is 28.9 Å². The van der Waals surface area contributed by atoms with Gasteiger partial charge in [0.2, 0.25) is 0 Å². The molecule has 2 heterocycles. The number of carbonyl (C=O) groups is 5. The lowest BCUT2D eigenvalue weighted by Crippen LogP contribution is -2.83. The predicted molar refractivity (Wildman–Crippen MR) is 135 cm³/mol. The van der Waals surface area contributed by atoms with Crippen LogP contribution in [0.1, 0.15) is 71.7 Å². The summed E-state index contributed by atoms with van der Waals surface area (Å²) in [4.78, 5) is 63.4. The highest BCUT2D eigenvalue weighted by atomic mass is 16.6. The molecule has 1 saturated heterocycles. The molecule has 3 fully saturated rings. The highest BCUT2D eigenvalue weighted by Gasteiger charge is 2.87. The van der Waals surface area contributed by atoms with Crippen molar-refractivity contribution in [1.82, 2.24) is 0 Å². The van der Waals surface area contributed by atoms with Gasteiger partial charge in [-0.1, -0.05) is 0 Å². The van der Waals surface area contributed by atoms with Crippen LogP contribution in [0.3, 0.4) is 0 Å². The molecule has 1 aromatic rings. The lowest BCUT2D eigenvalue weighted by atomic mass is 9.46. The molecule has 0 radical (unpaired) electrons. The molecule has 2 saturated carbocycles. The number of furan rings is 1. The predicted octanol–water partition coefficient (Wildman–Crippen LogP) is 1.87. The minimum absolute atomic E-state index is 0.00337. The molecule has 41 heavy (non-hydrogen) atoms. The van der Waals surface area contributed by atoms with Gasteiger partial charge in [0.25, 0.3) is 0 Å².